The van der Waals surface area contributed by atoms with Gasteiger partial charge < -0.3 is 0 Å². The Hall–Kier alpha value is -0.990. The average molecular weight is 244 g/mol. The largest absolute Gasteiger partial charge is 0.415 e. The lowest BCUT2D eigenvalue weighted by Gasteiger charge is -2.33. The normalized spacial score (nSPS) is 21.1. The lowest BCUT2D eigenvalue weighted by Crippen LogP contribution is -2.19. The van der Waals surface area contributed by atoms with E-state index < -0.39 is 11.7 Å². The highest BCUT2D eigenvalue weighted by molar-refractivity contribution is 5.36. The van der Waals surface area contributed by atoms with E-state index in [0.29, 0.717) is 0 Å². The van der Waals surface area contributed by atoms with E-state index in [0.717, 1.165) is 30.9 Å². The van der Waals surface area contributed by atoms with Crippen LogP contribution in [0, 0.1) is 5.41 Å². The van der Waals surface area contributed by atoms with Crippen LogP contribution in [0.1, 0.15) is 40.0 Å². The van der Waals surface area contributed by atoms with Gasteiger partial charge in [-0.3, -0.25) is 0 Å². The Morgan fingerprint density at radius 3 is 2.41 bits per heavy atom. The SMILES string of the molecule is C=C(/C=C/C1=C(C)CCCC1(C)C)C(F)(F)F. The predicted molar refractivity (Wildman–Crippen MR) is 64.7 cm³/mol. The van der Waals surface area contributed by atoms with Gasteiger partial charge in [-0.2, -0.15) is 13.2 Å². The van der Waals surface area contributed by atoms with Crippen LogP contribution in [0.3, 0.4) is 0 Å². The molecule has 0 bridgehead atoms. The molecule has 0 unspecified atom stereocenters. The van der Waals surface area contributed by atoms with E-state index >= 15 is 0 Å². The monoisotopic (exact) mass is 244 g/mol. The van der Waals surface area contributed by atoms with Crippen LogP contribution >= 0.6 is 0 Å². The second-order valence-corrected chi connectivity index (χ2v) is 5.29. The quantitative estimate of drug-likeness (QED) is 0.586. The molecule has 0 fully saturated rings. The van der Waals surface area contributed by atoms with Crippen LogP contribution in [-0.2, 0) is 0 Å². The molecule has 0 spiro atoms. The smallest absolute Gasteiger partial charge is 0.166 e. The highest BCUT2D eigenvalue weighted by Crippen LogP contribution is 2.41. The lowest BCUT2D eigenvalue weighted by molar-refractivity contribution is -0.0878. The highest BCUT2D eigenvalue weighted by Gasteiger charge is 2.31. The third kappa shape index (κ3) is 3.48. The van der Waals surface area contributed by atoms with E-state index in [1.807, 2.05) is 6.92 Å². The zero-order valence-electron chi connectivity index (χ0n) is 10.6. The Morgan fingerprint density at radius 2 is 1.94 bits per heavy atom. The summed E-state index contributed by atoms with van der Waals surface area (Å²) in [6, 6.07) is 0. The maximum Gasteiger partial charge on any atom is 0.415 e. The number of hydrogen-bond donors (Lipinski definition) is 0. The van der Waals surface area contributed by atoms with Crippen LogP contribution in [0.4, 0.5) is 13.2 Å². The Labute approximate surface area is 101 Å². The summed E-state index contributed by atoms with van der Waals surface area (Å²) < 4.78 is 37.0. The maximum atomic E-state index is 12.3. The molecule has 0 nitrogen and oxygen atoms in total. The molecule has 1 aliphatic rings. The van der Waals surface area contributed by atoms with Crippen molar-refractivity contribution < 1.29 is 13.2 Å². The minimum absolute atomic E-state index is 0.0370. The van der Waals surface area contributed by atoms with Crippen molar-refractivity contribution in [3.05, 3.63) is 35.5 Å². The Bertz CT molecular complexity index is 367. The first kappa shape index (κ1) is 14.1. The molecule has 0 amide bonds. The van der Waals surface area contributed by atoms with Gasteiger partial charge in [0.05, 0.1) is 0 Å². The Kier molecular flexibility index (Phi) is 3.90. The fraction of sp³-hybridized carbons (Fsp3) is 0.571. The van der Waals surface area contributed by atoms with Crippen molar-refractivity contribution in [3.8, 4) is 0 Å². The minimum atomic E-state index is -4.33. The number of allylic oxidation sites excluding steroid dienone is 5. The summed E-state index contributed by atoms with van der Waals surface area (Å²) in [5.74, 6) is 0. The van der Waals surface area contributed by atoms with Gasteiger partial charge in [0.25, 0.3) is 0 Å². The van der Waals surface area contributed by atoms with Gasteiger partial charge >= 0.3 is 6.18 Å². The molecule has 0 aromatic heterocycles. The zero-order valence-corrected chi connectivity index (χ0v) is 10.6. The number of rotatable bonds is 2. The second-order valence-electron chi connectivity index (χ2n) is 5.29. The Morgan fingerprint density at radius 1 is 1.35 bits per heavy atom. The molecule has 0 saturated carbocycles. The van der Waals surface area contributed by atoms with E-state index in [4.69, 9.17) is 0 Å². The molecule has 3 heteroatoms. The van der Waals surface area contributed by atoms with Gasteiger partial charge in [-0.1, -0.05) is 38.2 Å². The second kappa shape index (κ2) is 4.71. The minimum Gasteiger partial charge on any atom is -0.166 e. The van der Waals surface area contributed by atoms with E-state index in [9.17, 15) is 13.2 Å². The average Bonchev–Trinajstić information content (AvgIpc) is 2.14. The molecule has 17 heavy (non-hydrogen) atoms. The van der Waals surface area contributed by atoms with Gasteiger partial charge in [-0.15, -0.1) is 0 Å². The molecule has 1 rings (SSSR count). The number of alkyl halides is 3. The van der Waals surface area contributed by atoms with Gasteiger partial charge in [0.15, 0.2) is 0 Å². The van der Waals surface area contributed by atoms with Crippen molar-refractivity contribution in [1.29, 1.82) is 0 Å². The standard InChI is InChI=1S/C14H19F3/c1-10-6-5-9-13(3,4)12(10)8-7-11(2)14(15,16)17/h7-8H,2,5-6,9H2,1,3-4H3/b8-7+. The third-order valence-corrected chi connectivity index (χ3v) is 3.36. The molecule has 0 saturated heterocycles. The van der Waals surface area contributed by atoms with Crippen LogP contribution in [0.2, 0.25) is 0 Å². The van der Waals surface area contributed by atoms with Crippen LogP contribution in [0.5, 0.6) is 0 Å². The van der Waals surface area contributed by atoms with Crippen molar-refractivity contribution >= 4 is 0 Å². The van der Waals surface area contributed by atoms with E-state index in [1.165, 1.54) is 5.57 Å². The van der Waals surface area contributed by atoms with Gasteiger partial charge in [-0.05, 0) is 37.2 Å². The van der Waals surface area contributed by atoms with Crippen molar-refractivity contribution in [2.45, 2.75) is 46.2 Å². The lowest BCUT2D eigenvalue weighted by atomic mass is 9.72. The first-order valence-corrected chi connectivity index (χ1v) is 5.79. The summed E-state index contributed by atoms with van der Waals surface area (Å²) in [6.45, 7) is 9.20. The van der Waals surface area contributed by atoms with E-state index in [2.05, 4.69) is 20.4 Å². The Balaban J connectivity index is 2.94. The fourth-order valence-electron chi connectivity index (χ4n) is 2.29. The van der Waals surface area contributed by atoms with Crippen LogP contribution in [0.15, 0.2) is 35.5 Å². The zero-order chi connectivity index (χ0) is 13.3. The molecule has 0 heterocycles. The first-order valence-electron chi connectivity index (χ1n) is 5.79. The summed E-state index contributed by atoms with van der Waals surface area (Å²) >= 11 is 0. The predicted octanol–water partition coefficient (Wildman–Crippen LogP) is 5.19. The van der Waals surface area contributed by atoms with Gasteiger partial charge in [-0.25, -0.2) is 0 Å². The topological polar surface area (TPSA) is 0 Å². The third-order valence-electron chi connectivity index (χ3n) is 3.36. The van der Waals surface area contributed by atoms with Gasteiger partial charge in [0.2, 0.25) is 0 Å². The van der Waals surface area contributed by atoms with Crippen molar-refractivity contribution in [2.75, 3.05) is 0 Å². The van der Waals surface area contributed by atoms with E-state index in [-0.39, 0.29) is 5.41 Å². The van der Waals surface area contributed by atoms with Crippen LogP contribution in [-0.4, -0.2) is 6.18 Å². The summed E-state index contributed by atoms with van der Waals surface area (Å²) in [5, 5.41) is 0. The molecule has 96 valence electrons. The molecule has 0 aliphatic heterocycles. The number of hydrogen-bond acceptors (Lipinski definition) is 0. The van der Waals surface area contributed by atoms with Gasteiger partial charge in [0.1, 0.15) is 0 Å². The molecular formula is C14H19F3. The fourth-order valence-corrected chi connectivity index (χ4v) is 2.29. The van der Waals surface area contributed by atoms with Crippen molar-refractivity contribution in [2.24, 2.45) is 5.41 Å². The summed E-state index contributed by atoms with van der Waals surface area (Å²) in [5.41, 5.74) is 1.38. The maximum absolute atomic E-state index is 12.3. The summed E-state index contributed by atoms with van der Waals surface area (Å²) in [6.07, 6.45) is 1.44. The molecule has 1 aliphatic carbocycles. The summed E-state index contributed by atoms with van der Waals surface area (Å²) in [7, 11) is 0. The summed E-state index contributed by atoms with van der Waals surface area (Å²) in [4.78, 5) is 0. The van der Waals surface area contributed by atoms with Gasteiger partial charge in [0, 0.05) is 5.57 Å². The van der Waals surface area contributed by atoms with E-state index in [1.54, 1.807) is 6.08 Å². The first-order chi connectivity index (χ1) is 7.64. The van der Waals surface area contributed by atoms with Crippen LogP contribution in [0.25, 0.3) is 0 Å². The van der Waals surface area contributed by atoms with Crippen molar-refractivity contribution in [3.63, 3.8) is 0 Å². The highest BCUT2D eigenvalue weighted by atomic mass is 19.4. The molecule has 0 aromatic rings. The molecule has 0 N–H and O–H groups in total. The van der Waals surface area contributed by atoms with Crippen LogP contribution < -0.4 is 0 Å². The molecule has 0 aromatic carbocycles. The molecule has 0 radical (unpaired) electrons. The molecular weight excluding hydrogens is 225 g/mol. The number of halogens is 3. The van der Waals surface area contributed by atoms with Crippen molar-refractivity contribution in [1.82, 2.24) is 0 Å². The molecule has 0 atom stereocenters.